The van der Waals surface area contributed by atoms with Gasteiger partial charge in [0.15, 0.2) is 0 Å². The van der Waals surface area contributed by atoms with Crippen molar-refractivity contribution in [3.63, 3.8) is 0 Å². The Kier molecular flexibility index (Phi) is 8.70. The molecule has 0 aromatic carbocycles. The Morgan fingerprint density at radius 3 is 2.61 bits per heavy atom. The van der Waals surface area contributed by atoms with Crippen LogP contribution in [0.15, 0.2) is 12.7 Å². The molecular weight excluding hydrogens is 232 g/mol. The van der Waals surface area contributed by atoms with Gasteiger partial charge in [-0.3, -0.25) is 4.79 Å². The Morgan fingerprint density at radius 1 is 1.44 bits per heavy atom. The number of carboxylic acids is 1. The lowest BCUT2D eigenvalue weighted by atomic mass is 9.97. The molecule has 2 N–H and O–H groups in total. The number of carboxylic acid groups (broad SMARTS) is 1. The second-order valence-corrected chi connectivity index (χ2v) is 4.40. The summed E-state index contributed by atoms with van der Waals surface area (Å²) in [4.78, 5) is 23.6. The third kappa shape index (κ3) is 7.70. The van der Waals surface area contributed by atoms with Crippen LogP contribution in [0.25, 0.3) is 0 Å². The van der Waals surface area contributed by atoms with Crippen LogP contribution in [-0.2, 0) is 4.79 Å². The van der Waals surface area contributed by atoms with Crippen molar-refractivity contribution in [2.75, 3.05) is 20.1 Å². The second-order valence-electron chi connectivity index (χ2n) is 4.40. The van der Waals surface area contributed by atoms with Gasteiger partial charge in [0.05, 0.1) is 0 Å². The summed E-state index contributed by atoms with van der Waals surface area (Å²) in [6.45, 7) is 6.71. The molecule has 0 bridgehead atoms. The number of aliphatic carboxylic acids is 1. The van der Waals surface area contributed by atoms with Crippen molar-refractivity contribution < 1.29 is 14.7 Å². The molecule has 2 amide bonds. The van der Waals surface area contributed by atoms with Crippen LogP contribution in [0.5, 0.6) is 0 Å². The van der Waals surface area contributed by atoms with E-state index in [0.717, 1.165) is 12.8 Å². The molecule has 0 fully saturated rings. The molecule has 1 atom stereocenters. The summed E-state index contributed by atoms with van der Waals surface area (Å²) in [5.41, 5.74) is 0. The predicted octanol–water partition coefficient (Wildman–Crippen LogP) is 2.09. The first-order chi connectivity index (χ1) is 8.51. The van der Waals surface area contributed by atoms with Crippen molar-refractivity contribution >= 4 is 12.0 Å². The smallest absolute Gasteiger partial charge is 0.317 e. The van der Waals surface area contributed by atoms with Crippen LogP contribution in [0, 0.1) is 5.92 Å². The van der Waals surface area contributed by atoms with Crippen LogP contribution in [0.4, 0.5) is 4.79 Å². The number of rotatable bonds is 9. The van der Waals surface area contributed by atoms with E-state index in [1.54, 1.807) is 18.0 Å². The number of carbonyl (C=O) groups excluding carboxylic acids is 1. The molecular formula is C13H24N2O3. The van der Waals surface area contributed by atoms with E-state index in [1.165, 1.54) is 0 Å². The minimum atomic E-state index is -0.761. The highest BCUT2D eigenvalue weighted by Crippen LogP contribution is 2.14. The lowest BCUT2D eigenvalue weighted by Gasteiger charge is -2.18. The second kappa shape index (κ2) is 9.50. The fourth-order valence-corrected chi connectivity index (χ4v) is 1.67. The zero-order chi connectivity index (χ0) is 14.0. The number of urea groups is 1. The Balaban J connectivity index is 3.82. The van der Waals surface area contributed by atoms with Crippen molar-refractivity contribution in [1.29, 1.82) is 0 Å². The van der Waals surface area contributed by atoms with Crippen molar-refractivity contribution in [2.45, 2.75) is 32.6 Å². The number of likely N-dealkylation sites (N-methyl/N-ethyl adjacent to an activating group) is 1. The van der Waals surface area contributed by atoms with Gasteiger partial charge in [-0.05, 0) is 18.8 Å². The highest BCUT2D eigenvalue weighted by atomic mass is 16.4. The minimum absolute atomic E-state index is 0.122. The van der Waals surface area contributed by atoms with Crippen LogP contribution >= 0.6 is 0 Å². The molecule has 0 radical (unpaired) electrons. The minimum Gasteiger partial charge on any atom is -0.481 e. The first-order valence-electron chi connectivity index (χ1n) is 6.32. The van der Waals surface area contributed by atoms with E-state index in [-0.39, 0.29) is 12.5 Å². The lowest BCUT2D eigenvalue weighted by Crippen LogP contribution is -2.38. The van der Waals surface area contributed by atoms with Gasteiger partial charge in [-0.15, -0.1) is 6.58 Å². The molecule has 5 heteroatoms. The third-order valence-corrected chi connectivity index (χ3v) is 2.92. The zero-order valence-corrected chi connectivity index (χ0v) is 11.3. The first-order valence-corrected chi connectivity index (χ1v) is 6.32. The highest BCUT2D eigenvalue weighted by Gasteiger charge is 2.10. The normalized spacial score (nSPS) is 11.7. The first kappa shape index (κ1) is 16.5. The van der Waals surface area contributed by atoms with E-state index in [9.17, 15) is 9.59 Å². The van der Waals surface area contributed by atoms with E-state index in [2.05, 4.69) is 11.9 Å². The Bertz CT molecular complexity index is 279. The SMILES string of the molecule is C=CCN(C)C(=O)NCCC(CC)CCC(=O)O. The highest BCUT2D eigenvalue weighted by molar-refractivity contribution is 5.73. The van der Waals surface area contributed by atoms with Gasteiger partial charge in [-0.25, -0.2) is 4.79 Å². The summed E-state index contributed by atoms with van der Waals surface area (Å²) in [6.07, 6.45) is 4.29. The summed E-state index contributed by atoms with van der Waals surface area (Å²) in [5, 5.41) is 11.4. The standard InChI is InChI=1S/C13H24N2O3/c1-4-10-15(3)13(18)14-9-8-11(5-2)6-7-12(16)17/h4,11H,1,5-10H2,2-3H3,(H,14,18)(H,16,17). The Labute approximate surface area is 109 Å². The molecule has 5 nitrogen and oxygen atoms in total. The molecule has 0 saturated heterocycles. The zero-order valence-electron chi connectivity index (χ0n) is 11.3. The molecule has 0 aromatic rings. The maximum absolute atomic E-state index is 11.5. The molecule has 0 aliphatic carbocycles. The largest absolute Gasteiger partial charge is 0.481 e. The van der Waals surface area contributed by atoms with Crippen molar-refractivity contribution in [3.8, 4) is 0 Å². The molecule has 0 rings (SSSR count). The van der Waals surface area contributed by atoms with E-state index in [1.807, 2.05) is 6.92 Å². The van der Waals surface area contributed by atoms with Crippen molar-refractivity contribution in [1.82, 2.24) is 10.2 Å². The van der Waals surface area contributed by atoms with Crippen LogP contribution in [0.1, 0.15) is 32.6 Å². The van der Waals surface area contributed by atoms with Crippen molar-refractivity contribution in [3.05, 3.63) is 12.7 Å². The summed E-state index contributed by atoms with van der Waals surface area (Å²) in [6, 6.07) is -0.122. The topological polar surface area (TPSA) is 69.6 Å². The number of nitrogens with one attached hydrogen (secondary N) is 1. The fraction of sp³-hybridized carbons (Fsp3) is 0.692. The number of hydrogen-bond acceptors (Lipinski definition) is 2. The molecule has 0 spiro atoms. The predicted molar refractivity (Wildman–Crippen MR) is 71.5 cm³/mol. The monoisotopic (exact) mass is 256 g/mol. The Hall–Kier alpha value is -1.52. The van der Waals surface area contributed by atoms with Gasteiger partial charge in [0, 0.05) is 26.6 Å². The molecule has 0 aliphatic rings. The molecule has 0 saturated carbocycles. The molecule has 104 valence electrons. The average molecular weight is 256 g/mol. The number of carbonyl (C=O) groups is 2. The summed E-state index contributed by atoms with van der Waals surface area (Å²) >= 11 is 0. The van der Waals surface area contributed by atoms with Gasteiger partial charge >= 0.3 is 12.0 Å². The average Bonchev–Trinajstić information content (AvgIpc) is 2.33. The van der Waals surface area contributed by atoms with Crippen LogP contribution < -0.4 is 5.32 Å². The molecule has 1 unspecified atom stereocenters. The third-order valence-electron chi connectivity index (χ3n) is 2.92. The van der Waals surface area contributed by atoms with Crippen molar-refractivity contribution in [2.24, 2.45) is 5.92 Å². The maximum Gasteiger partial charge on any atom is 0.317 e. The molecule has 0 aromatic heterocycles. The summed E-state index contributed by atoms with van der Waals surface area (Å²) < 4.78 is 0. The maximum atomic E-state index is 11.5. The van der Waals surface area contributed by atoms with E-state index < -0.39 is 5.97 Å². The van der Waals surface area contributed by atoms with Gasteiger partial charge in [-0.1, -0.05) is 19.4 Å². The molecule has 18 heavy (non-hydrogen) atoms. The van der Waals surface area contributed by atoms with Gasteiger partial charge in [0.1, 0.15) is 0 Å². The van der Waals surface area contributed by atoms with E-state index in [0.29, 0.717) is 25.4 Å². The van der Waals surface area contributed by atoms with Crippen LogP contribution in [-0.4, -0.2) is 42.1 Å². The van der Waals surface area contributed by atoms with Gasteiger partial charge in [0.25, 0.3) is 0 Å². The number of nitrogens with zero attached hydrogens (tertiary/aromatic N) is 1. The van der Waals surface area contributed by atoms with Gasteiger partial charge < -0.3 is 15.3 Å². The Morgan fingerprint density at radius 2 is 2.11 bits per heavy atom. The summed E-state index contributed by atoms with van der Waals surface area (Å²) in [7, 11) is 1.71. The fourth-order valence-electron chi connectivity index (χ4n) is 1.67. The van der Waals surface area contributed by atoms with E-state index in [4.69, 9.17) is 5.11 Å². The molecule has 0 aliphatic heterocycles. The lowest BCUT2D eigenvalue weighted by molar-refractivity contribution is -0.137. The van der Waals surface area contributed by atoms with Crippen LogP contribution in [0.3, 0.4) is 0 Å². The molecule has 0 heterocycles. The van der Waals surface area contributed by atoms with Gasteiger partial charge in [-0.2, -0.15) is 0 Å². The van der Waals surface area contributed by atoms with Gasteiger partial charge in [0.2, 0.25) is 0 Å². The number of hydrogen-bond donors (Lipinski definition) is 2. The quantitative estimate of drug-likeness (QED) is 0.621. The van der Waals surface area contributed by atoms with Crippen LogP contribution in [0.2, 0.25) is 0 Å². The summed E-state index contributed by atoms with van der Waals surface area (Å²) in [5.74, 6) is -0.408. The van der Waals surface area contributed by atoms with E-state index >= 15 is 0 Å². The number of amides is 2.